The van der Waals surface area contributed by atoms with Gasteiger partial charge in [-0.1, -0.05) is 29.8 Å². The van der Waals surface area contributed by atoms with Crippen molar-refractivity contribution >= 4 is 15.8 Å². The van der Waals surface area contributed by atoms with Crippen molar-refractivity contribution in [3.8, 4) is 11.8 Å². The molecule has 0 spiro atoms. The predicted molar refractivity (Wildman–Crippen MR) is 100 cm³/mol. The third-order valence-corrected chi connectivity index (χ3v) is 6.40. The summed E-state index contributed by atoms with van der Waals surface area (Å²) < 4.78 is 34.3. The molecule has 0 saturated carbocycles. The van der Waals surface area contributed by atoms with Gasteiger partial charge in [-0.3, -0.25) is 0 Å². The molecule has 0 saturated heterocycles. The summed E-state index contributed by atoms with van der Waals surface area (Å²) in [5.41, 5.74) is 1.36. The second-order valence-electron chi connectivity index (χ2n) is 6.00. The molecule has 0 heterocycles. The van der Waals surface area contributed by atoms with Gasteiger partial charge in [0, 0.05) is 6.42 Å². The number of nitriles is 1. The Balaban J connectivity index is 2.59. The van der Waals surface area contributed by atoms with Crippen LogP contribution in [0.4, 0.5) is 0 Å². The summed E-state index contributed by atoms with van der Waals surface area (Å²) in [4.78, 5) is 12.6. The zero-order chi connectivity index (χ0) is 20.1. The lowest BCUT2D eigenvalue weighted by Gasteiger charge is -2.25. The number of hydrogen-bond acceptors (Lipinski definition) is 6. The highest BCUT2D eigenvalue weighted by molar-refractivity contribution is 7.94. The Morgan fingerprint density at radius 3 is 2.19 bits per heavy atom. The molecule has 2 rings (SSSR count). The average molecular weight is 387 g/mol. The van der Waals surface area contributed by atoms with E-state index in [4.69, 9.17) is 9.47 Å². The summed E-state index contributed by atoms with van der Waals surface area (Å²) in [7, 11) is -2.82. The van der Waals surface area contributed by atoms with Crippen molar-refractivity contribution in [1.82, 2.24) is 0 Å². The van der Waals surface area contributed by atoms with E-state index in [0.29, 0.717) is 11.3 Å². The van der Waals surface area contributed by atoms with E-state index < -0.39 is 20.6 Å². The van der Waals surface area contributed by atoms with Gasteiger partial charge in [-0.2, -0.15) is 5.26 Å². The van der Waals surface area contributed by atoms with Crippen LogP contribution in [-0.2, 0) is 25.8 Å². The van der Waals surface area contributed by atoms with Gasteiger partial charge < -0.3 is 9.47 Å². The number of benzene rings is 2. The molecule has 0 unspecified atom stereocenters. The monoisotopic (exact) mass is 387 g/mol. The lowest BCUT2D eigenvalue weighted by atomic mass is 9.99. The van der Waals surface area contributed by atoms with Gasteiger partial charge in [0.15, 0.2) is 0 Å². The quantitative estimate of drug-likeness (QED) is 0.678. The summed E-state index contributed by atoms with van der Waals surface area (Å²) in [5.74, 6) is -0.497. The maximum Gasteiger partial charge on any atom is 0.342 e. The molecule has 2 aromatic rings. The van der Waals surface area contributed by atoms with E-state index in [2.05, 4.69) is 0 Å². The summed E-state index contributed by atoms with van der Waals surface area (Å²) in [6, 6.07) is 14.3. The van der Waals surface area contributed by atoms with Gasteiger partial charge in [0.2, 0.25) is 9.84 Å². The van der Waals surface area contributed by atoms with E-state index in [-0.39, 0.29) is 17.9 Å². The molecule has 0 aliphatic heterocycles. The summed E-state index contributed by atoms with van der Waals surface area (Å²) in [6.45, 7) is 3.34. The molecular formula is C20H21NO5S. The number of esters is 1. The number of rotatable bonds is 7. The number of carbonyl (C=O) groups excluding carboxylic acids is 1. The maximum absolute atomic E-state index is 13.3. The Kier molecular flexibility index (Phi) is 6.24. The van der Waals surface area contributed by atoms with Crippen LogP contribution in [0, 0.1) is 18.3 Å². The minimum absolute atomic E-state index is 0.0334. The molecule has 0 N–H and O–H groups in total. The van der Waals surface area contributed by atoms with Crippen LogP contribution in [0.15, 0.2) is 53.4 Å². The molecule has 142 valence electrons. The molecule has 0 fully saturated rings. The highest BCUT2D eigenvalue weighted by Crippen LogP contribution is 2.31. The van der Waals surface area contributed by atoms with E-state index >= 15 is 0 Å². The first-order valence-electron chi connectivity index (χ1n) is 8.33. The number of methoxy groups -OCH3 is 1. The number of nitrogens with zero attached hydrogens (tertiary/aromatic N) is 1. The fraction of sp³-hybridized carbons (Fsp3) is 0.300. The molecule has 0 aliphatic carbocycles. The van der Waals surface area contributed by atoms with Crippen molar-refractivity contribution in [2.75, 3.05) is 13.7 Å². The molecule has 7 heteroatoms. The highest BCUT2D eigenvalue weighted by Gasteiger charge is 2.53. The van der Waals surface area contributed by atoms with Crippen LogP contribution in [0.5, 0.6) is 5.75 Å². The molecule has 0 aliphatic rings. The van der Waals surface area contributed by atoms with E-state index in [1.165, 1.54) is 19.2 Å². The summed E-state index contributed by atoms with van der Waals surface area (Å²) in [5, 5.41) is 9.83. The lowest BCUT2D eigenvalue weighted by molar-refractivity contribution is -0.144. The van der Waals surface area contributed by atoms with Crippen LogP contribution in [0.3, 0.4) is 0 Å². The second-order valence-corrected chi connectivity index (χ2v) is 8.18. The topological polar surface area (TPSA) is 93.5 Å². The molecule has 0 radical (unpaired) electrons. The van der Waals surface area contributed by atoms with Crippen molar-refractivity contribution in [2.45, 2.75) is 29.9 Å². The normalized spacial score (nSPS) is 13.3. The second kappa shape index (κ2) is 8.23. The van der Waals surface area contributed by atoms with Gasteiger partial charge in [-0.15, -0.1) is 0 Å². The molecule has 27 heavy (non-hydrogen) atoms. The molecule has 1 atom stereocenters. The molecule has 0 amide bonds. The third-order valence-electron chi connectivity index (χ3n) is 4.19. The summed E-state index contributed by atoms with van der Waals surface area (Å²) in [6.07, 6.45) is -0.331. The van der Waals surface area contributed by atoms with E-state index in [0.717, 1.165) is 5.56 Å². The molecule has 2 aromatic carbocycles. The number of aryl methyl sites for hydroxylation is 1. The first-order valence-corrected chi connectivity index (χ1v) is 9.81. The lowest BCUT2D eigenvalue weighted by Crippen LogP contribution is -2.48. The Morgan fingerprint density at radius 1 is 1.11 bits per heavy atom. The first kappa shape index (κ1) is 20.5. The summed E-state index contributed by atoms with van der Waals surface area (Å²) >= 11 is 0. The number of sulfone groups is 1. The zero-order valence-corrected chi connectivity index (χ0v) is 16.2. The van der Waals surface area contributed by atoms with Crippen molar-refractivity contribution in [3.63, 3.8) is 0 Å². The number of ether oxygens (including phenoxy) is 2. The first-order chi connectivity index (χ1) is 12.8. The van der Waals surface area contributed by atoms with E-state index in [9.17, 15) is 18.5 Å². The smallest absolute Gasteiger partial charge is 0.342 e. The molecular weight excluding hydrogens is 366 g/mol. The Labute approximate surface area is 159 Å². The minimum atomic E-state index is -4.33. The van der Waals surface area contributed by atoms with Gasteiger partial charge in [0.1, 0.15) is 5.75 Å². The Morgan fingerprint density at radius 2 is 1.70 bits per heavy atom. The van der Waals surface area contributed by atoms with E-state index in [1.54, 1.807) is 49.4 Å². The van der Waals surface area contributed by atoms with Crippen LogP contribution in [0.1, 0.15) is 18.1 Å². The van der Waals surface area contributed by atoms with Gasteiger partial charge in [0.25, 0.3) is 4.75 Å². The minimum Gasteiger partial charge on any atom is -0.497 e. The van der Waals surface area contributed by atoms with Gasteiger partial charge in [0.05, 0.1) is 24.7 Å². The maximum atomic E-state index is 13.3. The number of carbonyl (C=O) groups is 1. The predicted octanol–water partition coefficient (Wildman–Crippen LogP) is 2.85. The van der Waals surface area contributed by atoms with Crippen LogP contribution < -0.4 is 4.74 Å². The largest absolute Gasteiger partial charge is 0.497 e. The fourth-order valence-corrected chi connectivity index (χ4v) is 4.27. The third kappa shape index (κ3) is 3.96. The Hall–Kier alpha value is -2.85. The van der Waals surface area contributed by atoms with Crippen molar-refractivity contribution < 1.29 is 22.7 Å². The van der Waals surface area contributed by atoms with Crippen LogP contribution in [0.2, 0.25) is 0 Å². The van der Waals surface area contributed by atoms with Crippen LogP contribution in [-0.4, -0.2) is 32.9 Å². The molecule has 0 bridgehead atoms. The van der Waals surface area contributed by atoms with Gasteiger partial charge in [-0.25, -0.2) is 13.2 Å². The van der Waals surface area contributed by atoms with Gasteiger partial charge in [-0.05, 0) is 43.7 Å². The number of hydrogen-bond donors (Lipinski definition) is 0. The van der Waals surface area contributed by atoms with Crippen molar-refractivity contribution in [3.05, 3.63) is 59.7 Å². The SMILES string of the molecule is CCOC(=O)[C@@](C#N)(Cc1ccc(OC)cc1)S(=O)(=O)c1ccc(C)cc1. The van der Waals surface area contributed by atoms with Crippen LogP contribution in [0.25, 0.3) is 0 Å². The zero-order valence-electron chi connectivity index (χ0n) is 15.4. The molecule has 0 aromatic heterocycles. The van der Waals surface area contributed by atoms with Crippen molar-refractivity contribution in [1.29, 1.82) is 5.26 Å². The average Bonchev–Trinajstić information content (AvgIpc) is 2.67. The highest BCUT2D eigenvalue weighted by atomic mass is 32.2. The van der Waals surface area contributed by atoms with Crippen molar-refractivity contribution in [2.24, 2.45) is 0 Å². The van der Waals surface area contributed by atoms with Crippen LogP contribution >= 0.6 is 0 Å². The Bertz CT molecular complexity index is 943. The van der Waals surface area contributed by atoms with E-state index in [1.807, 2.05) is 6.92 Å². The standard InChI is InChI=1S/C20H21NO5S/c1-4-26-19(22)20(14-21,13-16-7-9-17(25-3)10-8-16)27(23,24)18-11-5-15(2)6-12-18/h5-12H,4,13H2,1-3H3/t20-/m0/s1. The van der Waals surface area contributed by atoms with Gasteiger partial charge >= 0.3 is 5.97 Å². The fourth-order valence-electron chi connectivity index (χ4n) is 2.62. The molecule has 6 nitrogen and oxygen atoms in total.